The van der Waals surface area contributed by atoms with Crippen molar-refractivity contribution in [3.63, 3.8) is 0 Å². The van der Waals surface area contributed by atoms with Gasteiger partial charge in [0.05, 0.1) is 0 Å². The molecule has 0 aromatic rings. The van der Waals surface area contributed by atoms with Crippen molar-refractivity contribution >= 4 is 0 Å². The SMILES string of the molecule is CCC(CC)CC(C)CCNC(C)(C)C. The number of nitrogens with one attached hydrogen (secondary N) is 1. The molecule has 0 rings (SSSR count). The summed E-state index contributed by atoms with van der Waals surface area (Å²) in [6.45, 7) is 14.9. The molecular formula is C14H31N. The average Bonchev–Trinajstić information content (AvgIpc) is 2.12. The van der Waals surface area contributed by atoms with E-state index in [-0.39, 0.29) is 5.54 Å². The minimum absolute atomic E-state index is 0.272. The van der Waals surface area contributed by atoms with Crippen LogP contribution in [-0.4, -0.2) is 12.1 Å². The fourth-order valence-electron chi connectivity index (χ4n) is 2.00. The van der Waals surface area contributed by atoms with Gasteiger partial charge in [-0.1, -0.05) is 33.6 Å². The Balaban J connectivity index is 3.61. The Morgan fingerprint density at radius 2 is 1.60 bits per heavy atom. The molecule has 0 radical (unpaired) electrons. The maximum atomic E-state index is 3.56. The summed E-state index contributed by atoms with van der Waals surface area (Å²) in [5.74, 6) is 1.80. The number of hydrogen-bond donors (Lipinski definition) is 1. The van der Waals surface area contributed by atoms with E-state index in [1.807, 2.05) is 0 Å². The lowest BCUT2D eigenvalue weighted by Crippen LogP contribution is -2.37. The molecular weight excluding hydrogens is 182 g/mol. The molecule has 0 aliphatic heterocycles. The molecule has 0 amide bonds. The molecule has 0 bridgehead atoms. The molecule has 0 heterocycles. The molecule has 0 saturated carbocycles. The number of rotatable bonds is 7. The fraction of sp³-hybridized carbons (Fsp3) is 1.00. The molecule has 0 spiro atoms. The van der Waals surface area contributed by atoms with Gasteiger partial charge in [0.15, 0.2) is 0 Å². The van der Waals surface area contributed by atoms with Gasteiger partial charge in [0, 0.05) is 5.54 Å². The summed E-state index contributed by atoms with van der Waals surface area (Å²) in [5, 5.41) is 3.56. The first-order chi connectivity index (χ1) is 6.89. The fourth-order valence-corrected chi connectivity index (χ4v) is 2.00. The zero-order valence-corrected chi connectivity index (χ0v) is 11.7. The quantitative estimate of drug-likeness (QED) is 0.667. The van der Waals surface area contributed by atoms with Crippen LogP contribution in [0.5, 0.6) is 0 Å². The maximum Gasteiger partial charge on any atom is 0.00965 e. The first-order valence-electron chi connectivity index (χ1n) is 6.64. The number of hydrogen-bond acceptors (Lipinski definition) is 1. The lowest BCUT2D eigenvalue weighted by atomic mass is 9.90. The summed E-state index contributed by atoms with van der Waals surface area (Å²) in [4.78, 5) is 0. The van der Waals surface area contributed by atoms with E-state index < -0.39 is 0 Å². The van der Waals surface area contributed by atoms with E-state index in [1.165, 1.54) is 25.7 Å². The van der Waals surface area contributed by atoms with E-state index in [2.05, 4.69) is 46.9 Å². The van der Waals surface area contributed by atoms with Crippen molar-refractivity contribution in [2.45, 2.75) is 72.8 Å². The van der Waals surface area contributed by atoms with Crippen LogP contribution in [0.1, 0.15) is 67.2 Å². The van der Waals surface area contributed by atoms with Gasteiger partial charge < -0.3 is 5.32 Å². The Morgan fingerprint density at radius 1 is 1.07 bits per heavy atom. The van der Waals surface area contributed by atoms with Crippen LogP contribution in [0.15, 0.2) is 0 Å². The molecule has 0 aliphatic carbocycles. The van der Waals surface area contributed by atoms with Crippen molar-refractivity contribution in [2.24, 2.45) is 11.8 Å². The predicted octanol–water partition coefficient (Wildman–Crippen LogP) is 4.23. The van der Waals surface area contributed by atoms with Gasteiger partial charge in [-0.3, -0.25) is 0 Å². The van der Waals surface area contributed by atoms with E-state index in [0.717, 1.165) is 18.4 Å². The molecule has 92 valence electrons. The Labute approximate surface area is 97.0 Å². The van der Waals surface area contributed by atoms with E-state index in [9.17, 15) is 0 Å². The minimum atomic E-state index is 0.272. The van der Waals surface area contributed by atoms with E-state index >= 15 is 0 Å². The van der Waals surface area contributed by atoms with Crippen LogP contribution >= 0.6 is 0 Å². The van der Waals surface area contributed by atoms with Crippen molar-refractivity contribution in [3.8, 4) is 0 Å². The van der Waals surface area contributed by atoms with Gasteiger partial charge in [-0.25, -0.2) is 0 Å². The third-order valence-electron chi connectivity index (χ3n) is 3.18. The molecule has 0 fully saturated rings. The standard InChI is InChI=1S/C14H31N/c1-7-13(8-2)11-12(3)9-10-15-14(4,5)6/h12-13,15H,7-11H2,1-6H3. The highest BCUT2D eigenvalue weighted by molar-refractivity contribution is 4.71. The lowest BCUT2D eigenvalue weighted by Gasteiger charge is -2.23. The zero-order chi connectivity index (χ0) is 11.9. The van der Waals surface area contributed by atoms with Crippen LogP contribution in [0, 0.1) is 11.8 Å². The molecule has 0 aromatic carbocycles. The molecule has 0 saturated heterocycles. The summed E-state index contributed by atoms with van der Waals surface area (Å²) in [7, 11) is 0. The first kappa shape index (κ1) is 15.0. The Hall–Kier alpha value is -0.0400. The van der Waals surface area contributed by atoms with Gasteiger partial charge in [-0.05, 0) is 52.0 Å². The summed E-state index contributed by atoms with van der Waals surface area (Å²) in [5.41, 5.74) is 0.272. The maximum absolute atomic E-state index is 3.56. The molecule has 1 unspecified atom stereocenters. The Morgan fingerprint density at radius 3 is 2.00 bits per heavy atom. The molecule has 1 N–H and O–H groups in total. The van der Waals surface area contributed by atoms with Crippen LogP contribution in [-0.2, 0) is 0 Å². The second-order valence-electron chi connectivity index (χ2n) is 5.99. The molecule has 1 nitrogen and oxygen atoms in total. The first-order valence-corrected chi connectivity index (χ1v) is 6.64. The largest absolute Gasteiger partial charge is 0.312 e. The highest BCUT2D eigenvalue weighted by Crippen LogP contribution is 2.20. The van der Waals surface area contributed by atoms with Crippen molar-refractivity contribution in [2.75, 3.05) is 6.54 Å². The second-order valence-corrected chi connectivity index (χ2v) is 5.99. The molecule has 0 aliphatic rings. The molecule has 15 heavy (non-hydrogen) atoms. The van der Waals surface area contributed by atoms with Crippen LogP contribution in [0.25, 0.3) is 0 Å². The van der Waals surface area contributed by atoms with Crippen molar-refractivity contribution in [1.29, 1.82) is 0 Å². The average molecular weight is 213 g/mol. The van der Waals surface area contributed by atoms with Crippen LogP contribution in [0.3, 0.4) is 0 Å². The van der Waals surface area contributed by atoms with Crippen LogP contribution < -0.4 is 5.32 Å². The highest BCUT2D eigenvalue weighted by Gasteiger charge is 2.12. The van der Waals surface area contributed by atoms with Crippen LogP contribution in [0.2, 0.25) is 0 Å². The van der Waals surface area contributed by atoms with Crippen molar-refractivity contribution in [1.82, 2.24) is 5.32 Å². The van der Waals surface area contributed by atoms with E-state index in [4.69, 9.17) is 0 Å². The third-order valence-corrected chi connectivity index (χ3v) is 3.18. The summed E-state index contributed by atoms with van der Waals surface area (Å²) in [6.07, 6.45) is 5.40. The Bertz CT molecular complexity index is 142. The molecule has 1 heteroatoms. The van der Waals surface area contributed by atoms with Gasteiger partial charge >= 0.3 is 0 Å². The smallest absolute Gasteiger partial charge is 0.00965 e. The van der Waals surface area contributed by atoms with Gasteiger partial charge in [0.1, 0.15) is 0 Å². The zero-order valence-electron chi connectivity index (χ0n) is 11.7. The minimum Gasteiger partial charge on any atom is -0.312 e. The third kappa shape index (κ3) is 8.92. The molecule has 0 aromatic heterocycles. The predicted molar refractivity (Wildman–Crippen MR) is 70.2 cm³/mol. The van der Waals surface area contributed by atoms with Gasteiger partial charge in [-0.15, -0.1) is 0 Å². The normalized spacial score (nSPS) is 14.6. The topological polar surface area (TPSA) is 12.0 Å². The van der Waals surface area contributed by atoms with E-state index in [1.54, 1.807) is 0 Å². The highest BCUT2D eigenvalue weighted by atomic mass is 14.9. The van der Waals surface area contributed by atoms with E-state index in [0.29, 0.717) is 0 Å². The Kier molecular flexibility index (Phi) is 7.25. The summed E-state index contributed by atoms with van der Waals surface area (Å²) in [6, 6.07) is 0. The summed E-state index contributed by atoms with van der Waals surface area (Å²) >= 11 is 0. The van der Waals surface area contributed by atoms with Gasteiger partial charge in [0.25, 0.3) is 0 Å². The van der Waals surface area contributed by atoms with Gasteiger partial charge in [-0.2, -0.15) is 0 Å². The lowest BCUT2D eigenvalue weighted by molar-refractivity contribution is 0.334. The van der Waals surface area contributed by atoms with Gasteiger partial charge in [0.2, 0.25) is 0 Å². The van der Waals surface area contributed by atoms with Crippen molar-refractivity contribution in [3.05, 3.63) is 0 Å². The molecule has 1 atom stereocenters. The summed E-state index contributed by atoms with van der Waals surface area (Å²) < 4.78 is 0. The second kappa shape index (κ2) is 7.27. The van der Waals surface area contributed by atoms with Crippen LogP contribution in [0.4, 0.5) is 0 Å². The monoisotopic (exact) mass is 213 g/mol. The van der Waals surface area contributed by atoms with Crippen molar-refractivity contribution < 1.29 is 0 Å².